The average molecular weight is 541 g/mol. The Kier molecular flexibility index (Phi) is 27.2. The maximum atomic E-state index is 12.4. The topological polar surface area (TPSA) is 89.9 Å². The Hall–Kier alpha value is -1.59. The van der Waals surface area contributed by atoms with Crippen molar-refractivity contribution >= 4 is 17.9 Å². The molecular weight excluding hydrogens is 480 g/mol. The molecule has 0 amide bonds. The second kappa shape index (κ2) is 28.4. The molecule has 224 valence electrons. The van der Waals surface area contributed by atoms with Crippen LogP contribution in [0.3, 0.4) is 0 Å². The summed E-state index contributed by atoms with van der Waals surface area (Å²) >= 11 is 0. The van der Waals surface area contributed by atoms with Crippen LogP contribution >= 0.6 is 0 Å². The largest absolute Gasteiger partial charge is 0.481 e. The van der Waals surface area contributed by atoms with Crippen molar-refractivity contribution in [1.29, 1.82) is 0 Å². The van der Waals surface area contributed by atoms with Gasteiger partial charge in [-0.3, -0.25) is 14.4 Å². The van der Waals surface area contributed by atoms with Crippen molar-refractivity contribution in [2.45, 2.75) is 168 Å². The molecule has 0 heterocycles. The van der Waals surface area contributed by atoms with Crippen molar-refractivity contribution < 1.29 is 29.0 Å². The molecule has 0 aromatic heterocycles. The molecule has 38 heavy (non-hydrogen) atoms. The number of ether oxygens (including phenoxy) is 2. The molecule has 0 saturated carbocycles. The number of carboxylic acids is 1. The van der Waals surface area contributed by atoms with E-state index in [0.717, 1.165) is 38.5 Å². The Morgan fingerprint density at radius 1 is 0.500 bits per heavy atom. The molecule has 0 saturated heterocycles. The van der Waals surface area contributed by atoms with Crippen molar-refractivity contribution in [3.63, 3.8) is 0 Å². The number of carbonyl (C=O) groups excluding carboxylic acids is 2. The van der Waals surface area contributed by atoms with E-state index in [9.17, 15) is 14.4 Å². The van der Waals surface area contributed by atoms with E-state index in [2.05, 4.69) is 13.8 Å². The van der Waals surface area contributed by atoms with Gasteiger partial charge in [-0.25, -0.2) is 0 Å². The fourth-order valence-corrected chi connectivity index (χ4v) is 4.72. The van der Waals surface area contributed by atoms with Crippen LogP contribution in [0.5, 0.6) is 0 Å². The predicted molar refractivity (Wildman–Crippen MR) is 155 cm³/mol. The summed E-state index contributed by atoms with van der Waals surface area (Å²) in [5.74, 6) is -3.22. The molecule has 0 aliphatic heterocycles. The Labute approximate surface area is 234 Å². The molecule has 0 radical (unpaired) electrons. The highest BCUT2D eigenvalue weighted by Crippen LogP contribution is 2.15. The first-order chi connectivity index (χ1) is 18.5. The van der Waals surface area contributed by atoms with Gasteiger partial charge in [0, 0.05) is 0 Å². The molecule has 0 fully saturated rings. The molecule has 1 unspecified atom stereocenters. The molecule has 6 nitrogen and oxygen atoms in total. The summed E-state index contributed by atoms with van der Waals surface area (Å²) in [4.78, 5) is 35.7. The van der Waals surface area contributed by atoms with Gasteiger partial charge in [-0.2, -0.15) is 0 Å². The lowest BCUT2D eigenvalue weighted by Gasteiger charge is -2.14. The third-order valence-electron chi connectivity index (χ3n) is 7.17. The average Bonchev–Trinajstić information content (AvgIpc) is 2.89. The van der Waals surface area contributed by atoms with E-state index in [1.807, 2.05) is 0 Å². The van der Waals surface area contributed by atoms with Crippen LogP contribution in [0, 0.1) is 5.92 Å². The zero-order chi connectivity index (χ0) is 28.1. The molecule has 0 aliphatic rings. The normalized spacial score (nSPS) is 11.8. The number of hydrogen-bond acceptors (Lipinski definition) is 5. The molecule has 0 aromatic rings. The minimum absolute atomic E-state index is 0.235. The number of unbranched alkanes of at least 4 members (excludes halogenated alkanes) is 20. The van der Waals surface area contributed by atoms with Gasteiger partial charge < -0.3 is 14.6 Å². The lowest BCUT2D eigenvalue weighted by molar-refractivity contribution is -0.158. The molecule has 0 spiro atoms. The Bertz CT molecular complexity index is 562. The minimum atomic E-state index is -1.11. The summed E-state index contributed by atoms with van der Waals surface area (Å²) in [7, 11) is 0. The van der Waals surface area contributed by atoms with Crippen molar-refractivity contribution in [3.8, 4) is 0 Å². The number of carbonyl (C=O) groups is 3. The van der Waals surface area contributed by atoms with Crippen LogP contribution < -0.4 is 0 Å². The highest BCUT2D eigenvalue weighted by atomic mass is 16.5. The van der Waals surface area contributed by atoms with Gasteiger partial charge in [0.25, 0.3) is 0 Å². The third-order valence-corrected chi connectivity index (χ3v) is 7.17. The van der Waals surface area contributed by atoms with Gasteiger partial charge in [-0.15, -0.1) is 0 Å². The van der Waals surface area contributed by atoms with Crippen molar-refractivity contribution in [3.05, 3.63) is 0 Å². The quantitative estimate of drug-likeness (QED) is 0.0751. The molecule has 0 rings (SSSR count). The van der Waals surface area contributed by atoms with Crippen LogP contribution in [0.4, 0.5) is 0 Å². The Morgan fingerprint density at radius 3 is 1.21 bits per heavy atom. The van der Waals surface area contributed by atoms with Crippen LogP contribution in [-0.4, -0.2) is 36.2 Å². The fraction of sp³-hybridized carbons (Fsp3) is 0.906. The SMILES string of the molecule is CCCCCCCCCCCCCOC(=O)CC(CC(=O)O)C(=O)OCCCCCCCCCCCCC. The van der Waals surface area contributed by atoms with Gasteiger partial charge in [0.05, 0.1) is 32.0 Å². The van der Waals surface area contributed by atoms with Crippen LogP contribution in [0.25, 0.3) is 0 Å². The van der Waals surface area contributed by atoms with Crippen molar-refractivity contribution in [2.75, 3.05) is 13.2 Å². The summed E-state index contributed by atoms with van der Waals surface area (Å²) in [5, 5.41) is 9.15. The first-order valence-corrected chi connectivity index (χ1v) is 16.0. The maximum absolute atomic E-state index is 12.4. The van der Waals surface area contributed by atoms with Gasteiger partial charge in [0.2, 0.25) is 0 Å². The monoisotopic (exact) mass is 540 g/mol. The first-order valence-electron chi connectivity index (χ1n) is 16.0. The highest BCUT2D eigenvalue weighted by molar-refractivity contribution is 5.83. The molecular formula is C32H60O6. The number of aliphatic carboxylic acids is 1. The van der Waals surface area contributed by atoms with Crippen molar-refractivity contribution in [2.24, 2.45) is 5.92 Å². The second-order valence-electron chi connectivity index (χ2n) is 11.0. The van der Waals surface area contributed by atoms with E-state index in [0.29, 0.717) is 6.61 Å². The highest BCUT2D eigenvalue weighted by Gasteiger charge is 2.26. The first kappa shape index (κ1) is 36.4. The molecule has 6 heteroatoms. The van der Waals surface area contributed by atoms with Gasteiger partial charge in [0.15, 0.2) is 0 Å². The predicted octanol–water partition coefficient (Wildman–Crippen LogP) is 9.18. The number of rotatable bonds is 29. The molecule has 1 N–H and O–H groups in total. The van der Waals surface area contributed by atoms with Crippen molar-refractivity contribution in [1.82, 2.24) is 0 Å². The van der Waals surface area contributed by atoms with Crippen LogP contribution in [0.15, 0.2) is 0 Å². The maximum Gasteiger partial charge on any atom is 0.310 e. The van der Waals surface area contributed by atoms with E-state index in [-0.39, 0.29) is 13.0 Å². The summed E-state index contributed by atoms with van der Waals surface area (Å²) in [5.41, 5.74) is 0. The van der Waals surface area contributed by atoms with Crippen LogP contribution in [-0.2, 0) is 23.9 Å². The zero-order valence-corrected chi connectivity index (χ0v) is 25.0. The minimum Gasteiger partial charge on any atom is -0.481 e. The van der Waals surface area contributed by atoms with Gasteiger partial charge in [-0.1, -0.05) is 142 Å². The third kappa shape index (κ3) is 26.0. The zero-order valence-electron chi connectivity index (χ0n) is 25.0. The van der Waals surface area contributed by atoms with Crippen LogP contribution in [0.2, 0.25) is 0 Å². The Balaban J connectivity index is 3.83. The molecule has 0 aliphatic carbocycles. The van der Waals surface area contributed by atoms with Gasteiger partial charge in [-0.05, 0) is 12.8 Å². The molecule has 0 bridgehead atoms. The summed E-state index contributed by atoms with van der Waals surface area (Å²) in [6, 6.07) is 0. The number of hydrogen-bond donors (Lipinski definition) is 1. The second-order valence-corrected chi connectivity index (χ2v) is 11.0. The van der Waals surface area contributed by atoms with Gasteiger partial charge >= 0.3 is 17.9 Å². The summed E-state index contributed by atoms with van der Waals surface area (Å²) < 4.78 is 10.6. The van der Waals surface area contributed by atoms with E-state index in [4.69, 9.17) is 14.6 Å². The molecule has 1 atom stereocenters. The van der Waals surface area contributed by atoms with Gasteiger partial charge in [0.1, 0.15) is 0 Å². The van der Waals surface area contributed by atoms with Crippen LogP contribution in [0.1, 0.15) is 168 Å². The Morgan fingerprint density at radius 2 is 0.842 bits per heavy atom. The van der Waals surface area contributed by atoms with E-state index >= 15 is 0 Å². The van der Waals surface area contributed by atoms with E-state index in [1.54, 1.807) is 0 Å². The van der Waals surface area contributed by atoms with E-state index in [1.165, 1.54) is 103 Å². The smallest absolute Gasteiger partial charge is 0.310 e. The van der Waals surface area contributed by atoms with E-state index < -0.39 is 30.2 Å². The fourth-order valence-electron chi connectivity index (χ4n) is 4.72. The summed E-state index contributed by atoms with van der Waals surface area (Å²) in [6.45, 7) is 5.07. The summed E-state index contributed by atoms with van der Waals surface area (Å²) in [6.07, 6.45) is 26.0. The lowest BCUT2D eigenvalue weighted by atomic mass is 10.0. The lowest BCUT2D eigenvalue weighted by Crippen LogP contribution is -2.25. The standard InChI is InChI=1S/C32H60O6/c1-3-5-7-9-11-13-15-17-19-21-23-25-37-31(35)28-29(27-30(33)34)32(36)38-26-24-22-20-18-16-14-12-10-8-6-4-2/h29H,3-28H2,1-2H3,(H,33,34). The number of carboxylic acid groups (broad SMARTS) is 1. The molecule has 0 aromatic carbocycles. The number of esters is 2.